The lowest BCUT2D eigenvalue weighted by atomic mass is 9.74. The molecule has 17 heteroatoms. The normalized spacial score (nSPS) is 23.7. The minimum atomic E-state index is -0.712. The van der Waals surface area contributed by atoms with Gasteiger partial charge >= 0.3 is 11.7 Å². The number of rotatable bonds is 10. The van der Waals surface area contributed by atoms with Gasteiger partial charge in [0.2, 0.25) is 11.8 Å². The van der Waals surface area contributed by atoms with Crippen molar-refractivity contribution in [2.24, 2.45) is 12.8 Å². The zero-order chi connectivity index (χ0) is 43.6. The van der Waals surface area contributed by atoms with E-state index >= 15 is 0 Å². The molecule has 0 radical (unpaired) electrons. The topological polar surface area (TPSA) is 187 Å². The molecule has 17 nitrogen and oxygen atoms in total. The predicted octanol–water partition coefficient (Wildman–Crippen LogP) is 3.84. The number of carbonyl (C=O) groups is 4. The van der Waals surface area contributed by atoms with Gasteiger partial charge in [-0.3, -0.25) is 33.7 Å². The van der Waals surface area contributed by atoms with Crippen molar-refractivity contribution in [1.82, 2.24) is 39.1 Å². The molecule has 4 N–H and O–H groups in total. The minimum absolute atomic E-state index is 0.00492. The summed E-state index contributed by atoms with van der Waals surface area (Å²) >= 11 is 0. The maximum absolute atomic E-state index is 13.5. The highest BCUT2D eigenvalue weighted by Crippen LogP contribution is 2.39. The number of primary amides is 1. The lowest BCUT2D eigenvalue weighted by molar-refractivity contribution is -0.135. The lowest BCUT2D eigenvalue weighted by Crippen LogP contribution is -2.61. The molecule has 0 spiro atoms. The number of nitrogens with zero attached hydrogens (tertiary/aromatic N) is 9. The van der Waals surface area contributed by atoms with Crippen LogP contribution in [-0.2, 0) is 22.1 Å². The van der Waals surface area contributed by atoms with Gasteiger partial charge in [-0.15, -0.1) is 0 Å². The van der Waals surface area contributed by atoms with Crippen molar-refractivity contribution in [3.05, 3.63) is 70.4 Å². The average Bonchev–Trinajstić information content (AvgIpc) is 4.00. The number of hydrogen-bond acceptors (Lipinski definition) is 11. The highest BCUT2D eigenvalue weighted by Gasteiger charge is 2.41. The molecule has 5 aliphatic heterocycles. The first-order valence-corrected chi connectivity index (χ1v) is 22.8. The van der Waals surface area contributed by atoms with Crippen LogP contribution >= 0.6 is 0 Å². The van der Waals surface area contributed by atoms with Gasteiger partial charge in [0.15, 0.2) is 11.5 Å². The van der Waals surface area contributed by atoms with E-state index in [1.54, 1.807) is 22.4 Å². The second-order valence-corrected chi connectivity index (χ2v) is 18.8. The number of benzene rings is 2. The fourth-order valence-corrected chi connectivity index (χ4v) is 11.2. The number of aryl methyl sites for hydroxylation is 1. The maximum Gasteiger partial charge on any atom is 0.329 e. The molecule has 5 saturated heterocycles. The van der Waals surface area contributed by atoms with Crippen LogP contribution in [0.2, 0.25) is 0 Å². The molecule has 0 bridgehead atoms. The number of nitrogens with two attached hydrogens (primary N) is 1. The largest absolute Gasteiger partial charge is 0.367 e. The number of nitrogens with one attached hydrogen (secondary N) is 2. The summed E-state index contributed by atoms with van der Waals surface area (Å²) in [6.45, 7) is 8.99. The molecule has 1 saturated carbocycles. The molecule has 332 valence electrons. The van der Waals surface area contributed by atoms with E-state index in [4.69, 9.17) is 10.7 Å². The van der Waals surface area contributed by atoms with Crippen LogP contribution in [0.5, 0.6) is 0 Å². The number of amides is 5. The van der Waals surface area contributed by atoms with Crippen molar-refractivity contribution in [3.8, 4) is 0 Å². The van der Waals surface area contributed by atoms with E-state index in [1.165, 1.54) is 18.4 Å². The molecule has 6 fully saturated rings. The zero-order valence-corrected chi connectivity index (χ0v) is 36.3. The number of piperidine rings is 3. The summed E-state index contributed by atoms with van der Waals surface area (Å²) in [5, 5.41) is 5.74. The molecule has 10 rings (SSSR count). The van der Waals surface area contributed by atoms with Crippen LogP contribution in [0, 0.1) is 0 Å². The minimum Gasteiger partial charge on any atom is -0.367 e. The highest BCUT2D eigenvalue weighted by molar-refractivity contribution is 6.00. The second kappa shape index (κ2) is 16.3. The Morgan fingerprint density at radius 1 is 0.825 bits per heavy atom. The van der Waals surface area contributed by atoms with E-state index in [1.807, 2.05) is 30.3 Å². The third-order valence-electron chi connectivity index (χ3n) is 15.1. The molecule has 1 aliphatic carbocycles. The second-order valence-electron chi connectivity index (χ2n) is 18.8. The Morgan fingerprint density at radius 3 is 2.24 bits per heavy atom. The fraction of sp³-hybridized carbons (Fsp3) is 0.543. The Morgan fingerprint density at radius 2 is 1.52 bits per heavy atom. The van der Waals surface area contributed by atoms with E-state index in [-0.39, 0.29) is 41.2 Å². The quantitative estimate of drug-likeness (QED) is 0.197. The van der Waals surface area contributed by atoms with E-state index < -0.39 is 17.9 Å². The van der Waals surface area contributed by atoms with E-state index in [0.29, 0.717) is 42.2 Å². The summed E-state index contributed by atoms with van der Waals surface area (Å²) in [5.74, 6) is -0.413. The number of urea groups is 1. The molecule has 7 heterocycles. The zero-order valence-electron chi connectivity index (χ0n) is 36.3. The number of imide groups is 1. The first-order valence-electron chi connectivity index (χ1n) is 22.8. The van der Waals surface area contributed by atoms with Crippen LogP contribution in [0.4, 0.5) is 27.8 Å². The van der Waals surface area contributed by atoms with E-state index in [2.05, 4.69) is 59.2 Å². The van der Waals surface area contributed by atoms with Gasteiger partial charge in [0.05, 0.1) is 29.0 Å². The van der Waals surface area contributed by atoms with Gasteiger partial charge in [0, 0.05) is 70.5 Å². The number of likely N-dealkylation sites (tertiary alicyclic amines) is 1. The van der Waals surface area contributed by atoms with Crippen molar-refractivity contribution in [2.45, 2.75) is 101 Å². The number of aromatic nitrogens is 4. The Kier molecular flexibility index (Phi) is 10.6. The number of carbonyl (C=O) groups excluding carboxylic acids is 4. The summed E-state index contributed by atoms with van der Waals surface area (Å²) in [6, 6.07) is 14.6. The van der Waals surface area contributed by atoms with Crippen molar-refractivity contribution in [1.29, 1.82) is 0 Å². The van der Waals surface area contributed by atoms with Crippen LogP contribution in [0.1, 0.15) is 93.2 Å². The van der Waals surface area contributed by atoms with Gasteiger partial charge < -0.3 is 30.7 Å². The SMILES string of the molecule is Cn1c(=O)n(C2CCC(=O)NC2=O)c2cccc(N3CC(N4CCC(C)(c5ccc(Nc6nc(N7CCCC(N8CCN(C9CCCC9)C8=O)C7)cnc6C(N)=O)cc5)CC4)C3)c21. The Bertz CT molecular complexity index is 2500. The van der Waals surface area contributed by atoms with Gasteiger partial charge in [-0.2, -0.15) is 0 Å². The lowest BCUT2D eigenvalue weighted by Gasteiger charge is -2.50. The fourth-order valence-electron chi connectivity index (χ4n) is 11.2. The van der Waals surface area contributed by atoms with Crippen LogP contribution in [-0.4, -0.2) is 128 Å². The molecule has 2 atom stereocenters. The first-order chi connectivity index (χ1) is 30.5. The number of anilines is 4. The number of fused-ring (bicyclic) bond motifs is 1. The summed E-state index contributed by atoms with van der Waals surface area (Å²) in [6.07, 6.45) is 10.7. The van der Waals surface area contributed by atoms with Gasteiger partial charge in [-0.05, 0) is 93.3 Å². The third-order valence-corrected chi connectivity index (χ3v) is 15.1. The number of hydrogen-bond donors (Lipinski definition) is 3. The Balaban J connectivity index is 0.763. The molecule has 5 amide bonds. The first kappa shape index (κ1) is 41.1. The van der Waals surface area contributed by atoms with Gasteiger partial charge in [0.1, 0.15) is 11.9 Å². The van der Waals surface area contributed by atoms with Crippen molar-refractivity contribution in [2.75, 3.05) is 67.5 Å². The molecule has 2 unspecified atom stereocenters. The smallest absolute Gasteiger partial charge is 0.329 e. The third kappa shape index (κ3) is 7.46. The standard InChI is InChI=1S/C46H58N12O5/c1-46(18-21-53(22-19-46)33-27-55(28-33)34-10-5-11-35-40(34)52(2)44(62)58(35)36-16-17-38(59)51-43(36)61)29-12-14-30(15-13-29)49-42-39(41(47)60)48-25-37(50-42)54-20-6-9-32(26-54)57-24-23-56(45(57)63)31-7-3-4-8-31/h5,10-15,25,31-33,36H,3-4,6-9,16-24,26-28H2,1-2H3,(H2,47,60)(H,49,50)(H,51,59,61). The van der Waals surface area contributed by atoms with Crippen LogP contribution < -0.4 is 31.9 Å². The number of imidazole rings is 1. The molecule has 4 aromatic rings. The van der Waals surface area contributed by atoms with Crippen LogP contribution in [0.15, 0.2) is 53.5 Å². The van der Waals surface area contributed by atoms with E-state index in [9.17, 15) is 24.0 Å². The van der Waals surface area contributed by atoms with Gasteiger partial charge in [-0.1, -0.05) is 38.0 Å². The number of para-hydroxylation sites is 1. The highest BCUT2D eigenvalue weighted by atomic mass is 16.2. The summed E-state index contributed by atoms with van der Waals surface area (Å²) in [7, 11) is 1.75. The van der Waals surface area contributed by atoms with Gasteiger partial charge in [-0.25, -0.2) is 19.6 Å². The molecular weight excluding hydrogens is 801 g/mol. The Hall–Kier alpha value is -5.97. The average molecular weight is 859 g/mol. The van der Waals surface area contributed by atoms with Gasteiger partial charge in [0.25, 0.3) is 5.91 Å². The van der Waals surface area contributed by atoms with Crippen molar-refractivity contribution >= 4 is 57.8 Å². The molecular formula is C46H58N12O5. The monoisotopic (exact) mass is 858 g/mol. The molecule has 2 aromatic carbocycles. The van der Waals surface area contributed by atoms with Crippen LogP contribution in [0.3, 0.4) is 0 Å². The molecule has 63 heavy (non-hydrogen) atoms. The Labute approximate surface area is 366 Å². The van der Waals surface area contributed by atoms with Crippen molar-refractivity contribution < 1.29 is 19.2 Å². The van der Waals surface area contributed by atoms with Crippen LogP contribution in [0.25, 0.3) is 11.0 Å². The maximum atomic E-state index is 13.5. The predicted molar refractivity (Wildman–Crippen MR) is 239 cm³/mol. The molecule has 2 aromatic heterocycles. The molecule has 6 aliphatic rings. The summed E-state index contributed by atoms with van der Waals surface area (Å²) < 4.78 is 3.17. The van der Waals surface area contributed by atoms with Crippen molar-refractivity contribution in [3.63, 3.8) is 0 Å². The summed E-state index contributed by atoms with van der Waals surface area (Å²) in [4.78, 5) is 84.6. The summed E-state index contributed by atoms with van der Waals surface area (Å²) in [5.41, 5.74) is 10.1. The van der Waals surface area contributed by atoms with E-state index in [0.717, 1.165) is 101 Å².